The summed E-state index contributed by atoms with van der Waals surface area (Å²) in [5.41, 5.74) is 4.76. The van der Waals surface area contributed by atoms with Crippen LogP contribution in [-0.4, -0.2) is 16.9 Å². The molecule has 0 saturated heterocycles. The maximum Gasteiger partial charge on any atom is 0.335 e. The van der Waals surface area contributed by atoms with E-state index in [1.165, 1.54) is 5.56 Å². The van der Waals surface area contributed by atoms with Crippen molar-refractivity contribution in [2.45, 2.75) is 57.8 Å². The predicted octanol–water partition coefficient (Wildman–Crippen LogP) is 6.24. The summed E-state index contributed by atoms with van der Waals surface area (Å²) >= 11 is 0. The third-order valence-electron chi connectivity index (χ3n) is 6.76. The number of benzene rings is 3. The topological polar surface area (TPSA) is 54.4 Å². The first-order chi connectivity index (χ1) is 14.2. The first-order valence-electron chi connectivity index (χ1n) is 10.6. The second-order valence-electron chi connectivity index (χ2n) is 9.10. The van der Waals surface area contributed by atoms with Gasteiger partial charge in [0.2, 0.25) is 0 Å². The second-order valence-corrected chi connectivity index (χ2v) is 9.10. The molecule has 0 heterocycles. The summed E-state index contributed by atoms with van der Waals surface area (Å²) in [5, 5.41) is 11.5. The number of hydrogen-bond donors (Lipinski definition) is 1. The molecule has 0 saturated carbocycles. The summed E-state index contributed by atoms with van der Waals surface area (Å²) in [7, 11) is 0. The number of aryl methyl sites for hydroxylation is 1. The fourth-order valence-corrected chi connectivity index (χ4v) is 5.42. The number of rotatable bonds is 4. The Morgan fingerprint density at radius 2 is 1.80 bits per heavy atom. The highest BCUT2D eigenvalue weighted by molar-refractivity contribution is 5.98. The van der Waals surface area contributed by atoms with Crippen molar-refractivity contribution in [2.75, 3.05) is 0 Å². The molecular formula is C27H28O3. The number of carboxylic acid groups (broad SMARTS) is 1. The lowest BCUT2D eigenvalue weighted by Crippen LogP contribution is -2.34. The van der Waals surface area contributed by atoms with Gasteiger partial charge in [0.05, 0.1) is 5.56 Å². The van der Waals surface area contributed by atoms with Crippen LogP contribution < -0.4 is 0 Å². The fourth-order valence-electron chi connectivity index (χ4n) is 5.42. The zero-order valence-corrected chi connectivity index (χ0v) is 18.0. The number of carboxylic acids is 1. The minimum atomic E-state index is -0.889. The number of carbonyl (C=O) groups excluding carboxylic acids is 1. The van der Waals surface area contributed by atoms with Gasteiger partial charge in [-0.05, 0) is 70.2 Å². The predicted molar refractivity (Wildman–Crippen MR) is 121 cm³/mol. The molecule has 0 radical (unpaired) electrons. The van der Waals surface area contributed by atoms with Gasteiger partial charge in [-0.15, -0.1) is 0 Å². The average Bonchev–Trinajstić information content (AvgIpc) is 2.71. The Morgan fingerprint density at radius 3 is 2.47 bits per heavy atom. The van der Waals surface area contributed by atoms with Gasteiger partial charge in [0.25, 0.3) is 0 Å². The van der Waals surface area contributed by atoms with Crippen molar-refractivity contribution >= 4 is 22.5 Å². The van der Waals surface area contributed by atoms with Crippen LogP contribution in [0.3, 0.4) is 0 Å². The molecule has 0 aromatic heterocycles. The molecule has 0 amide bonds. The number of aromatic carboxylic acids is 1. The maximum absolute atomic E-state index is 12.8. The average molecular weight is 401 g/mol. The van der Waals surface area contributed by atoms with Crippen molar-refractivity contribution in [2.24, 2.45) is 0 Å². The Hall–Kier alpha value is -2.94. The number of carbonyl (C=O) groups is 2. The summed E-state index contributed by atoms with van der Waals surface area (Å²) in [6.45, 7) is 8.19. The van der Waals surface area contributed by atoms with E-state index in [-0.39, 0.29) is 23.0 Å². The molecule has 1 aliphatic carbocycles. The van der Waals surface area contributed by atoms with Crippen molar-refractivity contribution < 1.29 is 14.7 Å². The quantitative estimate of drug-likeness (QED) is 0.564. The summed E-state index contributed by atoms with van der Waals surface area (Å²) in [5.74, 6) is -0.754. The molecule has 0 aliphatic heterocycles. The van der Waals surface area contributed by atoms with E-state index >= 15 is 0 Å². The smallest absolute Gasteiger partial charge is 0.335 e. The van der Waals surface area contributed by atoms with E-state index in [0.29, 0.717) is 12.0 Å². The zero-order valence-electron chi connectivity index (χ0n) is 18.0. The summed E-state index contributed by atoms with van der Waals surface area (Å²) in [4.78, 5) is 24.4. The molecule has 2 atom stereocenters. The number of Topliss-reactive ketones (excluding diaryl/α,β-unsaturated/α-hetero) is 1. The Morgan fingerprint density at radius 1 is 1.07 bits per heavy atom. The number of ketones is 1. The fraction of sp³-hybridized carbons (Fsp3) is 0.333. The van der Waals surface area contributed by atoms with E-state index in [9.17, 15) is 14.7 Å². The standard InChI is InChI=1S/C27H28O3/c1-5-19-20-12-10-18(14-17(20)11-13-21(19)26(29)30)23-15-27(3,4)24-9-7-6-8-22(24)25(23)16(2)28/h6-14,23,25H,5,15H2,1-4H3,(H,29,30). The van der Waals surface area contributed by atoms with Crippen LogP contribution in [0.1, 0.15) is 78.6 Å². The lowest BCUT2D eigenvalue weighted by atomic mass is 9.61. The van der Waals surface area contributed by atoms with E-state index in [1.54, 1.807) is 13.0 Å². The SMILES string of the molecule is CCc1c(C(=O)O)ccc2cc(C3CC(C)(C)c4ccccc4C3C(C)=O)ccc12. The highest BCUT2D eigenvalue weighted by atomic mass is 16.4. The lowest BCUT2D eigenvalue weighted by Gasteiger charge is -2.42. The van der Waals surface area contributed by atoms with Crippen molar-refractivity contribution in [1.29, 1.82) is 0 Å². The van der Waals surface area contributed by atoms with Crippen molar-refractivity contribution in [3.05, 3.63) is 82.4 Å². The molecule has 1 N–H and O–H groups in total. The van der Waals surface area contributed by atoms with Gasteiger partial charge in [-0.3, -0.25) is 4.79 Å². The van der Waals surface area contributed by atoms with E-state index in [1.807, 2.05) is 25.1 Å². The first kappa shape index (κ1) is 20.3. The Labute approximate surface area is 177 Å². The molecule has 1 aliphatic rings. The molecule has 3 heteroatoms. The molecule has 154 valence electrons. The largest absolute Gasteiger partial charge is 0.478 e. The molecule has 3 nitrogen and oxygen atoms in total. The summed E-state index contributed by atoms with van der Waals surface area (Å²) in [6.07, 6.45) is 1.56. The third kappa shape index (κ3) is 3.23. The van der Waals surface area contributed by atoms with Gasteiger partial charge in [-0.2, -0.15) is 0 Å². The van der Waals surface area contributed by atoms with Crippen molar-refractivity contribution in [1.82, 2.24) is 0 Å². The van der Waals surface area contributed by atoms with Gasteiger partial charge in [-0.1, -0.05) is 69.3 Å². The third-order valence-corrected chi connectivity index (χ3v) is 6.76. The Kier molecular flexibility index (Phi) is 5.01. The number of fused-ring (bicyclic) bond motifs is 2. The maximum atomic E-state index is 12.8. The monoisotopic (exact) mass is 400 g/mol. The normalized spacial score (nSPS) is 20.0. The molecule has 0 spiro atoms. The molecule has 4 rings (SSSR count). The molecule has 0 bridgehead atoms. The van der Waals surface area contributed by atoms with E-state index in [0.717, 1.165) is 33.9 Å². The molecule has 30 heavy (non-hydrogen) atoms. The minimum Gasteiger partial charge on any atom is -0.478 e. The van der Waals surface area contributed by atoms with Gasteiger partial charge < -0.3 is 5.11 Å². The highest BCUT2D eigenvalue weighted by Gasteiger charge is 2.41. The van der Waals surface area contributed by atoms with Crippen LogP contribution in [0.4, 0.5) is 0 Å². The van der Waals surface area contributed by atoms with E-state index in [2.05, 4.69) is 44.2 Å². The first-order valence-corrected chi connectivity index (χ1v) is 10.6. The van der Waals surface area contributed by atoms with Crippen LogP contribution in [0.25, 0.3) is 10.8 Å². The summed E-state index contributed by atoms with van der Waals surface area (Å²) in [6, 6.07) is 18.2. The lowest BCUT2D eigenvalue weighted by molar-refractivity contribution is -0.119. The molecular weight excluding hydrogens is 372 g/mol. The Bertz CT molecular complexity index is 1160. The zero-order chi connectivity index (χ0) is 21.6. The van der Waals surface area contributed by atoms with Crippen LogP contribution in [0.2, 0.25) is 0 Å². The van der Waals surface area contributed by atoms with E-state index in [4.69, 9.17) is 0 Å². The minimum absolute atomic E-state index is 0.0239. The molecule has 3 aromatic carbocycles. The second kappa shape index (κ2) is 7.39. The van der Waals surface area contributed by atoms with Crippen molar-refractivity contribution in [3.8, 4) is 0 Å². The van der Waals surface area contributed by atoms with Crippen LogP contribution in [0, 0.1) is 0 Å². The highest BCUT2D eigenvalue weighted by Crippen LogP contribution is 2.50. The van der Waals surface area contributed by atoms with Crippen LogP contribution in [-0.2, 0) is 16.6 Å². The van der Waals surface area contributed by atoms with Crippen LogP contribution >= 0.6 is 0 Å². The van der Waals surface area contributed by atoms with E-state index < -0.39 is 5.97 Å². The molecule has 3 aromatic rings. The van der Waals surface area contributed by atoms with Gasteiger partial charge in [0.15, 0.2) is 0 Å². The molecule has 2 unspecified atom stereocenters. The summed E-state index contributed by atoms with van der Waals surface area (Å²) < 4.78 is 0. The van der Waals surface area contributed by atoms with Gasteiger partial charge in [0, 0.05) is 5.92 Å². The van der Waals surface area contributed by atoms with Crippen molar-refractivity contribution in [3.63, 3.8) is 0 Å². The van der Waals surface area contributed by atoms with Gasteiger partial charge >= 0.3 is 5.97 Å². The molecule has 0 fully saturated rings. The van der Waals surface area contributed by atoms with Crippen LogP contribution in [0.15, 0.2) is 54.6 Å². The van der Waals surface area contributed by atoms with Gasteiger partial charge in [-0.25, -0.2) is 4.79 Å². The van der Waals surface area contributed by atoms with Crippen LogP contribution in [0.5, 0.6) is 0 Å². The van der Waals surface area contributed by atoms with Gasteiger partial charge in [0.1, 0.15) is 5.78 Å². The number of hydrogen-bond acceptors (Lipinski definition) is 2. The Balaban J connectivity index is 1.88.